The second-order valence-electron chi connectivity index (χ2n) is 8.47. The molecular formula is C26H27N3O5S. The minimum Gasteiger partial charge on any atom is -0.383 e. The number of methoxy groups -OCH3 is 1. The Balaban J connectivity index is 1.59. The normalized spacial score (nSPS) is 14.9. The number of carbonyl (C=O) groups is 2. The number of carbonyl (C=O) groups excluding carboxylic acids is 2. The summed E-state index contributed by atoms with van der Waals surface area (Å²) in [5, 5.41) is 13.0. The molecule has 0 radical (unpaired) electrons. The van der Waals surface area contributed by atoms with E-state index in [2.05, 4.69) is 23.6 Å². The molecule has 3 aromatic rings. The van der Waals surface area contributed by atoms with E-state index in [0.29, 0.717) is 6.54 Å². The lowest BCUT2D eigenvalue weighted by Gasteiger charge is -2.37. The Morgan fingerprint density at radius 1 is 1.14 bits per heavy atom. The van der Waals surface area contributed by atoms with Crippen molar-refractivity contribution in [3.63, 3.8) is 0 Å². The largest absolute Gasteiger partial charge is 0.383 e. The molecule has 0 N–H and O–H groups in total. The molecule has 1 aliphatic rings. The fourth-order valence-electron chi connectivity index (χ4n) is 4.31. The number of fused-ring (bicyclic) bond motifs is 1. The molecule has 0 spiro atoms. The Bertz CT molecular complexity index is 1210. The first kappa shape index (κ1) is 24.6. The van der Waals surface area contributed by atoms with Crippen molar-refractivity contribution < 1.29 is 19.2 Å². The first-order valence-electron chi connectivity index (χ1n) is 11.3. The zero-order valence-electron chi connectivity index (χ0n) is 19.7. The fraction of sp³-hybridized carbons (Fsp3) is 0.308. The zero-order chi connectivity index (χ0) is 24.9. The summed E-state index contributed by atoms with van der Waals surface area (Å²) in [7, 11) is 1.53. The number of nitrogens with zero attached hydrogens (tertiary/aromatic N) is 3. The monoisotopic (exact) mass is 493 g/mol. The van der Waals surface area contributed by atoms with Crippen LogP contribution in [0, 0.1) is 17.0 Å². The summed E-state index contributed by atoms with van der Waals surface area (Å²) < 4.78 is 5.17. The number of hydrogen-bond acceptors (Lipinski definition) is 6. The molecule has 1 unspecified atom stereocenters. The van der Waals surface area contributed by atoms with E-state index < -0.39 is 4.92 Å². The van der Waals surface area contributed by atoms with Crippen molar-refractivity contribution in [2.24, 2.45) is 0 Å². The lowest BCUT2D eigenvalue weighted by molar-refractivity contribution is -0.384. The third kappa shape index (κ3) is 5.41. The van der Waals surface area contributed by atoms with Gasteiger partial charge in [-0.2, -0.15) is 0 Å². The smallest absolute Gasteiger partial charge is 0.269 e. The number of nitro benzene ring substituents is 1. The second-order valence-corrected chi connectivity index (χ2v) is 9.47. The molecule has 1 aromatic heterocycles. The fourth-order valence-corrected chi connectivity index (χ4v) is 5.21. The first-order valence-corrected chi connectivity index (χ1v) is 12.2. The lowest BCUT2D eigenvalue weighted by Crippen LogP contribution is -2.47. The van der Waals surface area contributed by atoms with E-state index in [0.717, 1.165) is 23.1 Å². The van der Waals surface area contributed by atoms with Crippen LogP contribution in [0.4, 0.5) is 5.69 Å². The van der Waals surface area contributed by atoms with E-state index in [1.165, 1.54) is 41.2 Å². The molecule has 35 heavy (non-hydrogen) atoms. The van der Waals surface area contributed by atoms with Crippen LogP contribution < -0.4 is 0 Å². The molecule has 182 valence electrons. The molecule has 0 fully saturated rings. The van der Waals surface area contributed by atoms with Gasteiger partial charge in [0, 0.05) is 42.8 Å². The standard InChI is InChI=1S/C26H27N3O5S/c1-18-3-5-19(6-4-18)25-22-12-16-35-23(22)11-13-28(25)24(30)17-27(14-15-34-2)26(31)20-7-9-21(10-8-20)29(32)33/h3-10,12,16,25H,11,13-15,17H2,1-2H3. The SMILES string of the molecule is COCCN(CC(=O)N1CCc2sccc2C1c1ccc(C)cc1)C(=O)c1ccc([N+](=O)[O-])cc1. The summed E-state index contributed by atoms with van der Waals surface area (Å²) >= 11 is 1.70. The van der Waals surface area contributed by atoms with Crippen LogP contribution in [0.1, 0.15) is 38.0 Å². The van der Waals surface area contributed by atoms with Crippen molar-refractivity contribution in [2.75, 3.05) is 33.4 Å². The van der Waals surface area contributed by atoms with Crippen molar-refractivity contribution in [1.29, 1.82) is 0 Å². The maximum absolute atomic E-state index is 13.6. The summed E-state index contributed by atoms with van der Waals surface area (Å²) in [5.41, 5.74) is 3.50. The summed E-state index contributed by atoms with van der Waals surface area (Å²) in [5.74, 6) is -0.524. The molecule has 2 amide bonds. The predicted octanol–water partition coefficient (Wildman–Crippen LogP) is 4.23. The van der Waals surface area contributed by atoms with Crippen molar-refractivity contribution in [3.05, 3.63) is 97.2 Å². The average Bonchev–Trinajstić information content (AvgIpc) is 3.35. The summed E-state index contributed by atoms with van der Waals surface area (Å²) in [6.45, 7) is 2.98. The van der Waals surface area contributed by atoms with Crippen molar-refractivity contribution in [3.8, 4) is 0 Å². The van der Waals surface area contributed by atoms with Crippen molar-refractivity contribution in [2.45, 2.75) is 19.4 Å². The van der Waals surface area contributed by atoms with Gasteiger partial charge in [0.25, 0.3) is 11.6 Å². The predicted molar refractivity (Wildman–Crippen MR) is 134 cm³/mol. The van der Waals surface area contributed by atoms with E-state index in [4.69, 9.17) is 4.74 Å². The van der Waals surface area contributed by atoms with Crippen LogP contribution in [-0.2, 0) is 16.0 Å². The van der Waals surface area contributed by atoms with Gasteiger partial charge >= 0.3 is 0 Å². The molecule has 9 heteroatoms. The summed E-state index contributed by atoms with van der Waals surface area (Å²) in [6, 6.07) is 15.5. The number of benzene rings is 2. The number of aryl methyl sites for hydroxylation is 1. The van der Waals surface area contributed by atoms with Crippen LogP contribution in [-0.4, -0.2) is 59.9 Å². The zero-order valence-corrected chi connectivity index (χ0v) is 20.5. The number of rotatable bonds is 8. The Morgan fingerprint density at radius 3 is 2.51 bits per heavy atom. The highest BCUT2D eigenvalue weighted by molar-refractivity contribution is 7.10. The van der Waals surface area contributed by atoms with Crippen LogP contribution in [0.2, 0.25) is 0 Å². The van der Waals surface area contributed by atoms with Crippen molar-refractivity contribution >= 4 is 28.8 Å². The first-order chi connectivity index (χ1) is 16.9. The Kier molecular flexibility index (Phi) is 7.57. The van der Waals surface area contributed by atoms with Gasteiger partial charge in [0.05, 0.1) is 17.6 Å². The quantitative estimate of drug-likeness (QED) is 0.346. The van der Waals surface area contributed by atoms with Crippen LogP contribution in [0.5, 0.6) is 0 Å². The number of nitro groups is 1. The number of ether oxygens (including phenoxy) is 1. The number of thiophene rings is 1. The Morgan fingerprint density at radius 2 is 1.86 bits per heavy atom. The molecule has 1 atom stereocenters. The van der Waals surface area contributed by atoms with Crippen LogP contribution in [0.3, 0.4) is 0 Å². The molecule has 2 aromatic carbocycles. The maximum Gasteiger partial charge on any atom is 0.269 e. The maximum atomic E-state index is 13.6. The third-order valence-electron chi connectivity index (χ3n) is 6.18. The number of amides is 2. The molecule has 4 rings (SSSR count). The minimum absolute atomic E-state index is 0.0955. The van der Waals surface area contributed by atoms with E-state index >= 15 is 0 Å². The number of non-ortho nitro benzene ring substituents is 1. The Labute approximate surface area is 207 Å². The minimum atomic E-state index is -0.513. The highest BCUT2D eigenvalue weighted by atomic mass is 32.1. The van der Waals surface area contributed by atoms with Gasteiger partial charge in [-0.05, 0) is 48.1 Å². The van der Waals surface area contributed by atoms with Crippen LogP contribution >= 0.6 is 11.3 Å². The van der Waals surface area contributed by atoms with Gasteiger partial charge in [0.2, 0.25) is 5.91 Å². The average molecular weight is 494 g/mol. The van der Waals surface area contributed by atoms with Gasteiger partial charge in [-0.25, -0.2) is 0 Å². The molecule has 0 saturated heterocycles. The van der Waals surface area contributed by atoms with E-state index in [-0.39, 0.29) is 48.8 Å². The van der Waals surface area contributed by atoms with E-state index in [9.17, 15) is 19.7 Å². The third-order valence-corrected chi connectivity index (χ3v) is 7.18. The van der Waals surface area contributed by atoms with Gasteiger partial charge in [-0.15, -0.1) is 11.3 Å². The molecule has 2 heterocycles. The lowest BCUT2D eigenvalue weighted by atomic mass is 9.92. The summed E-state index contributed by atoms with van der Waals surface area (Å²) in [6.07, 6.45) is 0.773. The summed E-state index contributed by atoms with van der Waals surface area (Å²) in [4.78, 5) is 41.9. The molecular weight excluding hydrogens is 466 g/mol. The Hall–Kier alpha value is -3.56. The van der Waals surface area contributed by atoms with E-state index in [1.807, 2.05) is 24.0 Å². The van der Waals surface area contributed by atoms with Gasteiger partial charge in [0.1, 0.15) is 6.54 Å². The topological polar surface area (TPSA) is 93.0 Å². The van der Waals surface area contributed by atoms with Gasteiger partial charge in [-0.3, -0.25) is 19.7 Å². The van der Waals surface area contributed by atoms with Gasteiger partial charge < -0.3 is 14.5 Å². The molecule has 1 aliphatic heterocycles. The van der Waals surface area contributed by atoms with Crippen LogP contribution in [0.15, 0.2) is 60.0 Å². The molecule has 0 bridgehead atoms. The van der Waals surface area contributed by atoms with Crippen LogP contribution in [0.25, 0.3) is 0 Å². The second kappa shape index (κ2) is 10.8. The molecule has 0 aliphatic carbocycles. The highest BCUT2D eigenvalue weighted by Crippen LogP contribution is 2.38. The number of hydrogen-bond donors (Lipinski definition) is 0. The van der Waals surface area contributed by atoms with Crippen molar-refractivity contribution in [1.82, 2.24) is 9.80 Å². The van der Waals surface area contributed by atoms with Gasteiger partial charge in [0.15, 0.2) is 0 Å². The van der Waals surface area contributed by atoms with Gasteiger partial charge in [-0.1, -0.05) is 29.8 Å². The molecule has 8 nitrogen and oxygen atoms in total. The molecule has 0 saturated carbocycles. The highest BCUT2D eigenvalue weighted by Gasteiger charge is 2.34. The van der Waals surface area contributed by atoms with E-state index in [1.54, 1.807) is 11.3 Å².